The van der Waals surface area contributed by atoms with Gasteiger partial charge in [-0.1, -0.05) is 25.2 Å². The van der Waals surface area contributed by atoms with Crippen LogP contribution in [0, 0.1) is 0 Å². The zero-order valence-electron chi connectivity index (χ0n) is 6.26. The van der Waals surface area contributed by atoms with E-state index in [4.69, 9.17) is 0 Å². The van der Waals surface area contributed by atoms with Crippen LogP contribution in [0.1, 0.15) is 26.2 Å². The molecule has 0 aromatic rings. The Kier molecular flexibility index (Phi) is 2.43. The van der Waals surface area contributed by atoms with Crippen molar-refractivity contribution in [2.24, 2.45) is 0 Å². The number of hydrogen-bond acceptors (Lipinski definition) is 1. The highest BCUT2D eigenvalue weighted by molar-refractivity contribution is 5.98. The molecule has 0 saturated heterocycles. The van der Waals surface area contributed by atoms with Gasteiger partial charge in [-0.05, 0) is 12.8 Å². The van der Waals surface area contributed by atoms with Crippen LogP contribution < -0.4 is 0 Å². The lowest BCUT2D eigenvalue weighted by Gasteiger charge is -1.94. The predicted molar refractivity (Wildman–Crippen MR) is 41.8 cm³/mol. The molecule has 1 aliphatic carbocycles. The highest BCUT2D eigenvalue weighted by Crippen LogP contribution is 2.11. The van der Waals surface area contributed by atoms with Gasteiger partial charge in [-0.25, -0.2) is 0 Å². The van der Waals surface area contributed by atoms with Crippen LogP contribution in [0.4, 0.5) is 0 Å². The first-order valence-electron chi connectivity index (χ1n) is 3.74. The fourth-order valence-corrected chi connectivity index (χ4v) is 1.04. The Labute approximate surface area is 61.4 Å². The first-order chi connectivity index (χ1) is 4.84. The van der Waals surface area contributed by atoms with Crippen molar-refractivity contribution in [3.8, 4) is 0 Å². The number of Topliss-reactive ketones (excluding diaryl/α,β-unsaturated/α-hetero) is 1. The molecule has 1 nitrogen and oxygen atoms in total. The molecule has 0 bridgehead atoms. The van der Waals surface area contributed by atoms with E-state index >= 15 is 0 Å². The summed E-state index contributed by atoms with van der Waals surface area (Å²) in [5.74, 6) is 0.288. The van der Waals surface area contributed by atoms with Gasteiger partial charge in [0.1, 0.15) is 0 Å². The topological polar surface area (TPSA) is 17.1 Å². The van der Waals surface area contributed by atoms with Gasteiger partial charge in [-0.15, -0.1) is 0 Å². The molecule has 1 heteroatoms. The third-order valence-electron chi connectivity index (χ3n) is 1.57. The first kappa shape index (κ1) is 7.26. The number of carbonyl (C=O) groups excluding carboxylic acids is 1. The van der Waals surface area contributed by atoms with E-state index < -0.39 is 0 Å². The van der Waals surface area contributed by atoms with Gasteiger partial charge in [0.05, 0.1) is 0 Å². The van der Waals surface area contributed by atoms with Gasteiger partial charge in [0.15, 0.2) is 5.78 Å². The standard InChI is InChI=1S/C9H12O/c1-2-5-9(10)8-6-3-4-7-8/h3,6-7H,2,4-5H2,1H3. The van der Waals surface area contributed by atoms with Crippen molar-refractivity contribution in [1.29, 1.82) is 0 Å². The molecule has 0 amide bonds. The van der Waals surface area contributed by atoms with Crippen molar-refractivity contribution in [2.45, 2.75) is 26.2 Å². The smallest absolute Gasteiger partial charge is 0.162 e. The molecular weight excluding hydrogens is 124 g/mol. The van der Waals surface area contributed by atoms with Crippen molar-refractivity contribution in [3.63, 3.8) is 0 Å². The minimum absolute atomic E-state index is 0.288. The van der Waals surface area contributed by atoms with Crippen molar-refractivity contribution < 1.29 is 4.79 Å². The number of allylic oxidation sites excluding steroid dienone is 4. The van der Waals surface area contributed by atoms with E-state index in [1.807, 2.05) is 25.2 Å². The minimum Gasteiger partial charge on any atom is -0.294 e. The number of ketones is 1. The highest BCUT2D eigenvalue weighted by Gasteiger charge is 2.06. The van der Waals surface area contributed by atoms with Crippen LogP contribution in [-0.4, -0.2) is 5.78 Å². The average Bonchev–Trinajstić information content (AvgIpc) is 2.38. The molecule has 0 aliphatic heterocycles. The van der Waals surface area contributed by atoms with Crippen LogP contribution in [0.3, 0.4) is 0 Å². The van der Waals surface area contributed by atoms with Crippen LogP contribution >= 0.6 is 0 Å². The SMILES string of the molecule is CCCC(=O)C1=CCC=C1. The van der Waals surface area contributed by atoms with Crippen LogP contribution in [0.2, 0.25) is 0 Å². The Hall–Kier alpha value is -0.850. The maximum atomic E-state index is 11.1. The van der Waals surface area contributed by atoms with Crippen LogP contribution in [0.15, 0.2) is 23.8 Å². The summed E-state index contributed by atoms with van der Waals surface area (Å²) in [4.78, 5) is 11.1. The Bertz CT molecular complexity index is 187. The fraction of sp³-hybridized carbons (Fsp3) is 0.444. The molecule has 54 valence electrons. The molecule has 0 unspecified atom stereocenters. The van der Waals surface area contributed by atoms with Crippen LogP contribution in [0.25, 0.3) is 0 Å². The third kappa shape index (κ3) is 1.56. The van der Waals surface area contributed by atoms with Crippen LogP contribution in [-0.2, 0) is 4.79 Å². The molecule has 0 N–H and O–H groups in total. The van der Waals surface area contributed by atoms with E-state index in [1.165, 1.54) is 0 Å². The molecule has 0 atom stereocenters. The molecule has 0 aromatic carbocycles. The maximum Gasteiger partial charge on any atom is 0.162 e. The molecule has 0 fully saturated rings. The lowest BCUT2D eigenvalue weighted by atomic mass is 10.1. The number of carbonyl (C=O) groups is 1. The van der Waals surface area contributed by atoms with Gasteiger partial charge in [0.25, 0.3) is 0 Å². The molecule has 0 spiro atoms. The minimum atomic E-state index is 0.288. The van der Waals surface area contributed by atoms with Gasteiger partial charge in [0, 0.05) is 12.0 Å². The van der Waals surface area contributed by atoms with Crippen molar-refractivity contribution in [3.05, 3.63) is 23.8 Å². The quantitative estimate of drug-likeness (QED) is 0.581. The normalized spacial score (nSPS) is 15.5. The molecule has 0 radical (unpaired) electrons. The summed E-state index contributed by atoms with van der Waals surface area (Å²) in [6.07, 6.45) is 8.49. The molecule has 1 aliphatic rings. The largest absolute Gasteiger partial charge is 0.294 e. The molecule has 10 heavy (non-hydrogen) atoms. The van der Waals surface area contributed by atoms with Gasteiger partial charge in [-0.3, -0.25) is 4.79 Å². The summed E-state index contributed by atoms with van der Waals surface area (Å²) in [5, 5.41) is 0. The summed E-state index contributed by atoms with van der Waals surface area (Å²) in [6.45, 7) is 2.02. The zero-order chi connectivity index (χ0) is 7.40. The van der Waals surface area contributed by atoms with Gasteiger partial charge >= 0.3 is 0 Å². The summed E-state index contributed by atoms with van der Waals surface area (Å²) in [7, 11) is 0. The monoisotopic (exact) mass is 136 g/mol. The second kappa shape index (κ2) is 3.35. The molecule has 0 saturated carbocycles. The highest BCUT2D eigenvalue weighted by atomic mass is 16.1. The molecule has 1 rings (SSSR count). The fourth-order valence-electron chi connectivity index (χ4n) is 1.04. The lowest BCUT2D eigenvalue weighted by molar-refractivity contribution is -0.115. The predicted octanol–water partition coefficient (Wildman–Crippen LogP) is 2.24. The summed E-state index contributed by atoms with van der Waals surface area (Å²) in [6, 6.07) is 0. The van der Waals surface area contributed by atoms with E-state index in [0.717, 1.165) is 18.4 Å². The van der Waals surface area contributed by atoms with Gasteiger partial charge in [0.2, 0.25) is 0 Å². The summed E-state index contributed by atoms with van der Waals surface area (Å²) >= 11 is 0. The average molecular weight is 136 g/mol. The Morgan fingerprint density at radius 1 is 1.70 bits per heavy atom. The molecular formula is C9H12O. The zero-order valence-corrected chi connectivity index (χ0v) is 6.26. The molecule has 0 aromatic heterocycles. The Morgan fingerprint density at radius 2 is 2.50 bits per heavy atom. The Balaban J connectivity index is 2.48. The van der Waals surface area contributed by atoms with Crippen molar-refractivity contribution in [1.82, 2.24) is 0 Å². The van der Waals surface area contributed by atoms with E-state index in [0.29, 0.717) is 6.42 Å². The second-order valence-electron chi connectivity index (χ2n) is 2.47. The van der Waals surface area contributed by atoms with E-state index in [2.05, 4.69) is 0 Å². The Morgan fingerprint density at radius 3 is 3.00 bits per heavy atom. The van der Waals surface area contributed by atoms with Gasteiger partial charge < -0.3 is 0 Å². The van der Waals surface area contributed by atoms with Crippen molar-refractivity contribution in [2.75, 3.05) is 0 Å². The summed E-state index contributed by atoms with van der Waals surface area (Å²) in [5.41, 5.74) is 0.904. The van der Waals surface area contributed by atoms with Crippen molar-refractivity contribution >= 4 is 5.78 Å². The van der Waals surface area contributed by atoms with Gasteiger partial charge in [-0.2, -0.15) is 0 Å². The third-order valence-corrected chi connectivity index (χ3v) is 1.57. The first-order valence-corrected chi connectivity index (χ1v) is 3.74. The van der Waals surface area contributed by atoms with Crippen LogP contribution in [0.5, 0.6) is 0 Å². The molecule has 0 heterocycles. The van der Waals surface area contributed by atoms with E-state index in [9.17, 15) is 4.79 Å². The summed E-state index contributed by atoms with van der Waals surface area (Å²) < 4.78 is 0. The van der Waals surface area contributed by atoms with E-state index in [-0.39, 0.29) is 5.78 Å². The second-order valence-corrected chi connectivity index (χ2v) is 2.47. The number of hydrogen-bond donors (Lipinski definition) is 0. The van der Waals surface area contributed by atoms with E-state index in [1.54, 1.807) is 0 Å². The lowest BCUT2D eigenvalue weighted by Crippen LogP contribution is -1.97. The maximum absolute atomic E-state index is 11.1. The number of rotatable bonds is 3.